The molecule has 0 atom stereocenters. The van der Waals surface area contributed by atoms with E-state index in [1.165, 1.54) is 13.2 Å². The molecule has 0 aliphatic heterocycles. The highest BCUT2D eigenvalue weighted by Crippen LogP contribution is 2.19. The minimum atomic E-state index is -1.08. The Hall–Kier alpha value is -2.82. The molecule has 2 rings (SSSR count). The van der Waals surface area contributed by atoms with Gasteiger partial charge in [-0.2, -0.15) is 0 Å². The molecule has 5 nitrogen and oxygen atoms in total. The van der Waals surface area contributed by atoms with Crippen LogP contribution in [0, 0.1) is 6.92 Å². The Labute approximate surface area is 122 Å². The van der Waals surface area contributed by atoms with Gasteiger partial charge in [-0.25, -0.2) is 4.79 Å². The summed E-state index contributed by atoms with van der Waals surface area (Å²) in [6, 6.07) is 11.5. The van der Waals surface area contributed by atoms with Gasteiger partial charge in [0.2, 0.25) is 0 Å². The number of nitrogens with one attached hydrogen (secondary N) is 1. The monoisotopic (exact) mass is 285 g/mol. The number of rotatable bonds is 4. The number of hydrogen-bond acceptors (Lipinski definition) is 3. The number of carboxylic acid groups (broad SMARTS) is 1. The lowest BCUT2D eigenvalue weighted by atomic mass is 10.1. The number of anilines is 1. The molecule has 0 aliphatic rings. The zero-order valence-electron chi connectivity index (χ0n) is 11.7. The van der Waals surface area contributed by atoms with Crippen molar-refractivity contribution in [3.05, 3.63) is 59.2 Å². The lowest BCUT2D eigenvalue weighted by molar-refractivity contribution is 0.0698. The molecular formula is C16H15NO4. The van der Waals surface area contributed by atoms with Gasteiger partial charge in [-0.3, -0.25) is 4.79 Å². The fourth-order valence-electron chi connectivity index (χ4n) is 1.90. The number of aromatic carboxylic acids is 1. The first-order chi connectivity index (χ1) is 10.0. The van der Waals surface area contributed by atoms with E-state index in [0.29, 0.717) is 11.3 Å². The van der Waals surface area contributed by atoms with Crippen LogP contribution in [-0.4, -0.2) is 24.1 Å². The predicted octanol–water partition coefficient (Wildman–Crippen LogP) is 2.95. The molecule has 0 aliphatic carbocycles. The molecule has 0 bridgehead atoms. The van der Waals surface area contributed by atoms with Crippen molar-refractivity contribution in [2.24, 2.45) is 0 Å². The minimum absolute atomic E-state index is 0.0613. The van der Waals surface area contributed by atoms with Gasteiger partial charge in [-0.05, 0) is 37.3 Å². The molecule has 0 aromatic heterocycles. The van der Waals surface area contributed by atoms with Crippen molar-refractivity contribution < 1.29 is 19.4 Å². The van der Waals surface area contributed by atoms with Crippen molar-refractivity contribution in [3.8, 4) is 5.75 Å². The SMILES string of the molecule is COc1cccc(C(=O)Nc2ccc(C)cc2C(=O)O)c1. The molecule has 2 aromatic rings. The molecule has 2 aromatic carbocycles. The number of carboxylic acids is 1. The van der Waals surface area contributed by atoms with E-state index in [1.807, 2.05) is 0 Å². The number of amides is 1. The lowest BCUT2D eigenvalue weighted by Crippen LogP contribution is -2.15. The van der Waals surface area contributed by atoms with Crippen LogP contribution in [-0.2, 0) is 0 Å². The van der Waals surface area contributed by atoms with Gasteiger partial charge in [0.1, 0.15) is 5.75 Å². The van der Waals surface area contributed by atoms with E-state index in [1.54, 1.807) is 43.3 Å². The summed E-state index contributed by atoms with van der Waals surface area (Å²) in [6.45, 7) is 1.79. The Kier molecular flexibility index (Phi) is 4.23. The first-order valence-corrected chi connectivity index (χ1v) is 6.30. The average molecular weight is 285 g/mol. The van der Waals surface area contributed by atoms with Gasteiger partial charge in [-0.1, -0.05) is 17.7 Å². The zero-order chi connectivity index (χ0) is 15.4. The summed E-state index contributed by atoms with van der Waals surface area (Å²) in [4.78, 5) is 23.4. The molecule has 0 saturated carbocycles. The van der Waals surface area contributed by atoms with Crippen molar-refractivity contribution in [2.45, 2.75) is 6.92 Å². The van der Waals surface area contributed by atoms with Crippen molar-refractivity contribution in [1.29, 1.82) is 0 Å². The first-order valence-electron chi connectivity index (χ1n) is 6.30. The largest absolute Gasteiger partial charge is 0.497 e. The number of methoxy groups -OCH3 is 1. The van der Waals surface area contributed by atoms with E-state index in [4.69, 9.17) is 4.74 Å². The Morgan fingerprint density at radius 1 is 1.14 bits per heavy atom. The van der Waals surface area contributed by atoms with Crippen LogP contribution in [0.3, 0.4) is 0 Å². The maximum absolute atomic E-state index is 12.2. The second-order valence-corrected chi connectivity index (χ2v) is 4.54. The van der Waals surface area contributed by atoms with Gasteiger partial charge in [-0.15, -0.1) is 0 Å². The summed E-state index contributed by atoms with van der Waals surface area (Å²) in [5.41, 5.74) is 1.53. The summed E-state index contributed by atoms with van der Waals surface area (Å²) >= 11 is 0. The fourth-order valence-corrected chi connectivity index (χ4v) is 1.90. The summed E-state index contributed by atoms with van der Waals surface area (Å²) in [7, 11) is 1.51. The van der Waals surface area contributed by atoms with Crippen LogP contribution in [0.4, 0.5) is 5.69 Å². The van der Waals surface area contributed by atoms with E-state index in [-0.39, 0.29) is 17.2 Å². The van der Waals surface area contributed by atoms with Crippen LogP contribution < -0.4 is 10.1 Å². The highest BCUT2D eigenvalue weighted by atomic mass is 16.5. The van der Waals surface area contributed by atoms with Crippen molar-refractivity contribution in [1.82, 2.24) is 0 Å². The first kappa shape index (κ1) is 14.6. The van der Waals surface area contributed by atoms with Gasteiger partial charge < -0.3 is 15.2 Å². The van der Waals surface area contributed by atoms with E-state index in [9.17, 15) is 14.7 Å². The minimum Gasteiger partial charge on any atom is -0.497 e. The van der Waals surface area contributed by atoms with Gasteiger partial charge in [0.25, 0.3) is 5.91 Å². The van der Waals surface area contributed by atoms with Crippen LogP contribution >= 0.6 is 0 Å². The quantitative estimate of drug-likeness (QED) is 0.905. The zero-order valence-corrected chi connectivity index (χ0v) is 11.7. The maximum Gasteiger partial charge on any atom is 0.337 e. The van der Waals surface area contributed by atoms with E-state index in [2.05, 4.69) is 5.32 Å². The maximum atomic E-state index is 12.2. The third kappa shape index (κ3) is 3.39. The molecule has 1 amide bonds. The fraction of sp³-hybridized carbons (Fsp3) is 0.125. The number of hydrogen-bond donors (Lipinski definition) is 2. The topological polar surface area (TPSA) is 75.6 Å². The molecule has 0 unspecified atom stereocenters. The predicted molar refractivity (Wildman–Crippen MR) is 79.1 cm³/mol. The summed E-state index contributed by atoms with van der Waals surface area (Å²) in [5, 5.41) is 11.8. The van der Waals surface area contributed by atoms with Crippen LogP contribution in [0.15, 0.2) is 42.5 Å². The molecular weight excluding hydrogens is 270 g/mol. The van der Waals surface area contributed by atoms with E-state index in [0.717, 1.165) is 5.56 Å². The van der Waals surface area contributed by atoms with Gasteiger partial charge >= 0.3 is 5.97 Å². The molecule has 5 heteroatoms. The number of carbonyl (C=O) groups is 2. The van der Waals surface area contributed by atoms with Crippen LogP contribution in [0.2, 0.25) is 0 Å². The second-order valence-electron chi connectivity index (χ2n) is 4.54. The normalized spacial score (nSPS) is 10.0. The number of aryl methyl sites for hydroxylation is 1. The third-order valence-corrected chi connectivity index (χ3v) is 2.99. The molecule has 108 valence electrons. The van der Waals surface area contributed by atoms with Crippen LogP contribution in [0.5, 0.6) is 5.75 Å². The van der Waals surface area contributed by atoms with Crippen molar-refractivity contribution in [3.63, 3.8) is 0 Å². The molecule has 0 heterocycles. The highest BCUT2D eigenvalue weighted by molar-refractivity contribution is 6.07. The van der Waals surface area contributed by atoms with E-state index >= 15 is 0 Å². The Morgan fingerprint density at radius 3 is 2.57 bits per heavy atom. The second kappa shape index (κ2) is 6.09. The van der Waals surface area contributed by atoms with Crippen molar-refractivity contribution >= 4 is 17.6 Å². The summed E-state index contributed by atoms with van der Waals surface area (Å²) in [6.07, 6.45) is 0. The molecule has 0 saturated heterocycles. The number of carbonyl (C=O) groups excluding carboxylic acids is 1. The Bertz CT molecular complexity index is 694. The van der Waals surface area contributed by atoms with Gasteiger partial charge in [0, 0.05) is 5.56 Å². The molecule has 0 radical (unpaired) electrons. The summed E-state index contributed by atoms with van der Waals surface area (Å²) < 4.78 is 5.06. The van der Waals surface area contributed by atoms with Gasteiger partial charge in [0.05, 0.1) is 18.4 Å². The highest BCUT2D eigenvalue weighted by Gasteiger charge is 2.14. The number of benzene rings is 2. The average Bonchev–Trinajstić information content (AvgIpc) is 2.48. The number of ether oxygens (including phenoxy) is 1. The van der Waals surface area contributed by atoms with Crippen LogP contribution in [0.25, 0.3) is 0 Å². The third-order valence-electron chi connectivity index (χ3n) is 2.99. The van der Waals surface area contributed by atoms with E-state index < -0.39 is 5.97 Å². The Morgan fingerprint density at radius 2 is 1.90 bits per heavy atom. The van der Waals surface area contributed by atoms with Gasteiger partial charge in [0.15, 0.2) is 0 Å². The van der Waals surface area contributed by atoms with Crippen LogP contribution in [0.1, 0.15) is 26.3 Å². The van der Waals surface area contributed by atoms with Crippen molar-refractivity contribution in [2.75, 3.05) is 12.4 Å². The molecule has 2 N–H and O–H groups in total. The smallest absolute Gasteiger partial charge is 0.337 e. The molecule has 0 fully saturated rings. The lowest BCUT2D eigenvalue weighted by Gasteiger charge is -2.10. The Balaban J connectivity index is 2.29. The summed E-state index contributed by atoms with van der Waals surface area (Å²) in [5.74, 6) is -0.912. The standard InChI is InChI=1S/C16H15NO4/c1-10-6-7-14(13(8-10)16(19)20)17-15(18)11-4-3-5-12(9-11)21-2/h3-9H,1-2H3,(H,17,18)(H,19,20). The molecule has 21 heavy (non-hydrogen) atoms. The molecule has 0 spiro atoms.